The Morgan fingerprint density at radius 2 is 1.47 bits per heavy atom. The number of nitrogens with zero attached hydrogens (tertiary/aromatic N) is 3. The van der Waals surface area contributed by atoms with Crippen LogP contribution in [-0.4, -0.2) is 61.0 Å². The summed E-state index contributed by atoms with van der Waals surface area (Å²) in [6.45, 7) is 2.75. The first kappa shape index (κ1) is 23.3. The van der Waals surface area contributed by atoms with Crippen molar-refractivity contribution in [1.82, 2.24) is 9.80 Å². The van der Waals surface area contributed by atoms with Crippen LogP contribution in [0.15, 0.2) is 66.7 Å². The molecule has 0 N–H and O–H groups in total. The number of carbonyl (C=O) groups is 1. The molecule has 34 heavy (non-hydrogen) atoms. The van der Waals surface area contributed by atoms with Gasteiger partial charge in [-0.1, -0.05) is 42.5 Å². The van der Waals surface area contributed by atoms with Gasteiger partial charge in [0, 0.05) is 43.9 Å². The fraction of sp³-hybridized carbons (Fsp3) is 0.269. The van der Waals surface area contributed by atoms with E-state index in [0.29, 0.717) is 55.3 Å². The highest BCUT2D eigenvalue weighted by molar-refractivity contribution is 5.94. The van der Waals surface area contributed by atoms with Gasteiger partial charge in [0.1, 0.15) is 0 Å². The van der Waals surface area contributed by atoms with E-state index in [2.05, 4.69) is 4.90 Å². The van der Waals surface area contributed by atoms with E-state index in [1.807, 2.05) is 59.5 Å². The number of nitro benzene ring substituents is 1. The van der Waals surface area contributed by atoms with Crippen molar-refractivity contribution < 1.29 is 19.2 Å². The van der Waals surface area contributed by atoms with Crippen LogP contribution < -0.4 is 9.47 Å². The fourth-order valence-electron chi connectivity index (χ4n) is 4.18. The average Bonchev–Trinajstić information content (AvgIpc) is 2.89. The van der Waals surface area contributed by atoms with Crippen molar-refractivity contribution in [3.05, 3.63) is 88.0 Å². The van der Waals surface area contributed by atoms with Gasteiger partial charge in [-0.2, -0.15) is 0 Å². The summed E-state index contributed by atoms with van der Waals surface area (Å²) in [4.78, 5) is 28.1. The lowest BCUT2D eigenvalue weighted by atomic mass is 10.0. The summed E-state index contributed by atoms with van der Waals surface area (Å²) in [7, 11) is 2.96. The van der Waals surface area contributed by atoms with Crippen molar-refractivity contribution in [2.75, 3.05) is 40.4 Å². The number of hydrogen-bond donors (Lipinski definition) is 0. The molecule has 1 saturated heterocycles. The molecular formula is C26H27N3O5. The first-order valence-electron chi connectivity index (χ1n) is 11.1. The second-order valence-corrected chi connectivity index (χ2v) is 8.10. The zero-order valence-corrected chi connectivity index (χ0v) is 19.3. The third-order valence-electron chi connectivity index (χ3n) is 6.07. The van der Waals surface area contributed by atoms with Gasteiger partial charge in [-0.25, -0.2) is 0 Å². The van der Waals surface area contributed by atoms with Gasteiger partial charge in [0.05, 0.1) is 25.2 Å². The van der Waals surface area contributed by atoms with Crippen molar-refractivity contribution in [2.45, 2.75) is 6.54 Å². The molecule has 0 spiro atoms. The average molecular weight is 462 g/mol. The molecule has 3 aromatic carbocycles. The molecule has 0 saturated carbocycles. The van der Waals surface area contributed by atoms with Gasteiger partial charge in [0.2, 0.25) is 0 Å². The summed E-state index contributed by atoms with van der Waals surface area (Å²) in [5, 5.41) is 11.6. The van der Waals surface area contributed by atoms with Gasteiger partial charge in [0.25, 0.3) is 11.6 Å². The Hall–Kier alpha value is -3.91. The van der Waals surface area contributed by atoms with Crippen LogP contribution in [0.4, 0.5) is 5.69 Å². The summed E-state index contributed by atoms with van der Waals surface area (Å²) in [6, 6.07) is 20.8. The standard InChI is InChI=1S/C26H27N3O5/c1-33-24-16-22(23(29(31)32)17-25(24)34-2)18-27-12-14-28(15-13-27)26(30)21-10-8-20(9-11-21)19-6-4-3-5-7-19/h3-11,16-17H,12-15,18H2,1-2H3. The minimum absolute atomic E-state index is 0.00337. The zero-order chi connectivity index (χ0) is 24.1. The minimum Gasteiger partial charge on any atom is -0.493 e. The predicted octanol–water partition coefficient (Wildman–Crippen LogP) is 4.24. The van der Waals surface area contributed by atoms with Crippen molar-refractivity contribution in [3.8, 4) is 22.6 Å². The first-order chi connectivity index (χ1) is 16.5. The zero-order valence-electron chi connectivity index (χ0n) is 19.3. The number of carbonyl (C=O) groups excluding carboxylic acids is 1. The molecule has 1 heterocycles. The van der Waals surface area contributed by atoms with Gasteiger partial charge >= 0.3 is 0 Å². The molecular weight excluding hydrogens is 434 g/mol. The Morgan fingerprint density at radius 3 is 2.06 bits per heavy atom. The molecule has 1 amide bonds. The Kier molecular flexibility index (Phi) is 7.08. The first-order valence-corrected chi connectivity index (χ1v) is 11.1. The van der Waals surface area contributed by atoms with Gasteiger partial charge in [-0.3, -0.25) is 19.8 Å². The molecule has 8 nitrogen and oxygen atoms in total. The molecule has 0 aromatic heterocycles. The van der Waals surface area contributed by atoms with Crippen LogP contribution in [0.25, 0.3) is 11.1 Å². The minimum atomic E-state index is -0.407. The van der Waals surface area contributed by atoms with Crippen molar-refractivity contribution in [2.24, 2.45) is 0 Å². The molecule has 8 heteroatoms. The largest absolute Gasteiger partial charge is 0.493 e. The van der Waals surface area contributed by atoms with Crippen LogP contribution >= 0.6 is 0 Å². The van der Waals surface area contributed by atoms with Crippen LogP contribution in [0.5, 0.6) is 11.5 Å². The maximum Gasteiger partial charge on any atom is 0.277 e. The second-order valence-electron chi connectivity index (χ2n) is 8.10. The smallest absolute Gasteiger partial charge is 0.277 e. The van der Waals surface area contributed by atoms with Crippen molar-refractivity contribution in [1.29, 1.82) is 0 Å². The number of piperazine rings is 1. The Labute approximate surface area is 198 Å². The van der Waals surface area contributed by atoms with Crippen LogP contribution in [0.2, 0.25) is 0 Å². The molecule has 176 valence electrons. The van der Waals surface area contributed by atoms with E-state index in [1.54, 1.807) is 6.07 Å². The third kappa shape index (κ3) is 5.02. The predicted molar refractivity (Wildman–Crippen MR) is 129 cm³/mol. The van der Waals surface area contributed by atoms with E-state index < -0.39 is 4.92 Å². The van der Waals surface area contributed by atoms with Crippen molar-refractivity contribution >= 4 is 11.6 Å². The topological polar surface area (TPSA) is 85.2 Å². The van der Waals surface area contributed by atoms with E-state index in [1.165, 1.54) is 20.3 Å². The number of benzene rings is 3. The number of ether oxygens (including phenoxy) is 2. The summed E-state index contributed by atoms with van der Waals surface area (Å²) < 4.78 is 10.5. The summed E-state index contributed by atoms with van der Waals surface area (Å²) in [5.41, 5.74) is 3.38. The molecule has 0 bridgehead atoms. The Morgan fingerprint density at radius 1 is 0.882 bits per heavy atom. The van der Waals surface area contributed by atoms with Gasteiger partial charge < -0.3 is 14.4 Å². The molecule has 0 atom stereocenters. The highest BCUT2D eigenvalue weighted by atomic mass is 16.6. The lowest BCUT2D eigenvalue weighted by Crippen LogP contribution is -2.48. The second kappa shape index (κ2) is 10.4. The van der Waals surface area contributed by atoms with Gasteiger partial charge in [-0.15, -0.1) is 0 Å². The molecule has 0 aliphatic carbocycles. The number of amides is 1. The number of hydrogen-bond acceptors (Lipinski definition) is 6. The molecule has 0 radical (unpaired) electrons. The monoisotopic (exact) mass is 461 g/mol. The van der Waals surface area contributed by atoms with E-state index >= 15 is 0 Å². The highest BCUT2D eigenvalue weighted by Gasteiger charge is 2.26. The lowest BCUT2D eigenvalue weighted by molar-refractivity contribution is -0.385. The number of rotatable bonds is 7. The van der Waals surface area contributed by atoms with Crippen LogP contribution in [0.1, 0.15) is 15.9 Å². The molecule has 0 unspecified atom stereocenters. The highest BCUT2D eigenvalue weighted by Crippen LogP contribution is 2.35. The molecule has 1 fully saturated rings. The maximum atomic E-state index is 13.0. The van der Waals surface area contributed by atoms with E-state index in [-0.39, 0.29) is 11.6 Å². The summed E-state index contributed by atoms with van der Waals surface area (Å²) in [5.74, 6) is 0.777. The molecule has 3 aromatic rings. The number of nitro groups is 1. The fourth-order valence-corrected chi connectivity index (χ4v) is 4.18. The normalized spacial score (nSPS) is 14.0. The van der Waals surface area contributed by atoms with Crippen LogP contribution in [0.3, 0.4) is 0 Å². The number of methoxy groups -OCH3 is 2. The van der Waals surface area contributed by atoms with E-state index in [9.17, 15) is 14.9 Å². The van der Waals surface area contributed by atoms with E-state index in [4.69, 9.17) is 9.47 Å². The van der Waals surface area contributed by atoms with Crippen LogP contribution in [0, 0.1) is 10.1 Å². The summed E-state index contributed by atoms with van der Waals surface area (Å²) in [6.07, 6.45) is 0. The Bertz CT molecular complexity index is 1160. The maximum absolute atomic E-state index is 13.0. The Balaban J connectivity index is 1.40. The molecule has 1 aliphatic rings. The third-order valence-corrected chi connectivity index (χ3v) is 6.07. The van der Waals surface area contributed by atoms with Gasteiger partial charge in [0.15, 0.2) is 11.5 Å². The molecule has 4 rings (SSSR count). The summed E-state index contributed by atoms with van der Waals surface area (Å²) >= 11 is 0. The SMILES string of the molecule is COc1cc(CN2CCN(C(=O)c3ccc(-c4ccccc4)cc3)CC2)c([N+](=O)[O-])cc1OC. The van der Waals surface area contributed by atoms with E-state index in [0.717, 1.165) is 11.1 Å². The quantitative estimate of drug-likeness (QED) is 0.387. The van der Waals surface area contributed by atoms with Crippen molar-refractivity contribution in [3.63, 3.8) is 0 Å². The lowest BCUT2D eigenvalue weighted by Gasteiger charge is -2.34. The molecule has 1 aliphatic heterocycles. The van der Waals surface area contributed by atoms with Crippen LogP contribution in [-0.2, 0) is 6.54 Å². The van der Waals surface area contributed by atoms with Gasteiger partial charge in [-0.05, 0) is 29.3 Å².